The van der Waals surface area contributed by atoms with Crippen molar-refractivity contribution in [3.05, 3.63) is 6.10 Å². The Bertz CT molecular complexity index is 73.6. The topological polar surface area (TPSA) is 98.0 Å². The standard InChI is InChI=1S/3C3H8O.C3H7O.O.V/c4*1-3(2)4;;/h3*3-4H,1-2H3;4H,1-2H3;;/q;;;-1;;. The van der Waals surface area contributed by atoms with Gasteiger partial charge >= 0.3 is 21.0 Å². The Morgan fingerprint density at radius 2 is 0.722 bits per heavy atom. The Balaban J connectivity index is -0.0000000399. The van der Waals surface area contributed by atoms with Crippen LogP contribution >= 0.6 is 0 Å². The molecule has 0 radical (unpaired) electrons. The first-order valence-electron chi connectivity index (χ1n) is 5.64. The average molecular weight is 306 g/mol. The molecule has 115 valence electrons. The Hall–Kier alpha value is 0.224. The van der Waals surface area contributed by atoms with Crippen LogP contribution in [0.5, 0.6) is 0 Å². The van der Waals surface area contributed by atoms with Gasteiger partial charge < -0.3 is 20.4 Å². The SMILES string of the molecule is CC(C)O.CC(C)O.CC(C)O.C[C-](C)O.[O]=[V]. The molecule has 0 saturated heterocycles. The summed E-state index contributed by atoms with van der Waals surface area (Å²) in [6.45, 7) is 13.6. The van der Waals surface area contributed by atoms with Crippen molar-refractivity contribution >= 4 is 0 Å². The number of hydrogen-bond donors (Lipinski definition) is 4. The van der Waals surface area contributed by atoms with Gasteiger partial charge in [-0.15, -0.1) is 0 Å². The molecule has 18 heavy (non-hydrogen) atoms. The first kappa shape index (κ1) is 30.9. The van der Waals surface area contributed by atoms with E-state index in [-0.39, 0.29) is 18.3 Å². The predicted molar refractivity (Wildman–Crippen MR) is 69.3 cm³/mol. The Morgan fingerprint density at radius 1 is 0.722 bits per heavy atom. The quantitative estimate of drug-likeness (QED) is 0.513. The average Bonchev–Trinajstić information content (AvgIpc) is 2.01. The van der Waals surface area contributed by atoms with Crippen LogP contribution in [-0.2, 0) is 21.0 Å². The van der Waals surface area contributed by atoms with E-state index >= 15 is 0 Å². The van der Waals surface area contributed by atoms with Crippen LogP contribution < -0.4 is 0 Å². The van der Waals surface area contributed by atoms with Gasteiger partial charge in [-0.1, -0.05) is 0 Å². The van der Waals surface area contributed by atoms with E-state index in [1.807, 2.05) is 0 Å². The second-order valence-corrected chi connectivity index (χ2v) is 4.23. The Labute approximate surface area is 121 Å². The molecule has 0 heterocycles. The van der Waals surface area contributed by atoms with E-state index in [1.54, 1.807) is 55.4 Å². The zero-order valence-corrected chi connectivity index (χ0v) is 14.3. The normalized spacial score (nSPS) is 8.17. The van der Waals surface area contributed by atoms with Crippen LogP contribution in [0.1, 0.15) is 55.4 Å². The van der Waals surface area contributed by atoms with Gasteiger partial charge in [0.2, 0.25) is 0 Å². The molecule has 5 nitrogen and oxygen atoms in total. The van der Waals surface area contributed by atoms with Gasteiger partial charge in [0.15, 0.2) is 0 Å². The fourth-order valence-corrected chi connectivity index (χ4v) is 0. The molecule has 6 heteroatoms. The van der Waals surface area contributed by atoms with E-state index in [4.69, 9.17) is 24.1 Å². The molecule has 0 aromatic heterocycles. The molecule has 0 aliphatic heterocycles. The maximum absolute atomic E-state index is 8.19. The van der Waals surface area contributed by atoms with E-state index < -0.39 is 0 Å². The van der Waals surface area contributed by atoms with Gasteiger partial charge in [-0.2, -0.15) is 13.8 Å². The number of rotatable bonds is 0. The van der Waals surface area contributed by atoms with Crippen molar-refractivity contribution in [2.45, 2.75) is 73.7 Å². The Morgan fingerprint density at radius 3 is 0.722 bits per heavy atom. The van der Waals surface area contributed by atoms with Crippen molar-refractivity contribution in [1.82, 2.24) is 0 Å². The van der Waals surface area contributed by atoms with Gasteiger partial charge in [0.25, 0.3) is 0 Å². The number of hydrogen-bond acceptors (Lipinski definition) is 5. The number of aliphatic hydroxyl groups excluding tert-OH is 4. The van der Waals surface area contributed by atoms with Crippen LogP contribution in [0.3, 0.4) is 0 Å². The van der Waals surface area contributed by atoms with Crippen molar-refractivity contribution < 1.29 is 41.5 Å². The van der Waals surface area contributed by atoms with E-state index in [0.29, 0.717) is 6.10 Å². The third-order valence-electron chi connectivity index (χ3n) is 0. The first-order chi connectivity index (χ1) is 7.93. The van der Waals surface area contributed by atoms with Crippen molar-refractivity contribution in [1.29, 1.82) is 0 Å². The molecule has 0 atom stereocenters. The van der Waals surface area contributed by atoms with E-state index in [1.165, 1.54) is 0 Å². The molecule has 0 aliphatic rings. The van der Waals surface area contributed by atoms with Gasteiger partial charge in [-0.3, -0.25) is 0 Å². The van der Waals surface area contributed by atoms with Gasteiger partial charge in [-0.05, 0) is 41.5 Å². The van der Waals surface area contributed by atoms with Crippen molar-refractivity contribution in [3.63, 3.8) is 0 Å². The second-order valence-electron chi connectivity index (χ2n) is 4.23. The van der Waals surface area contributed by atoms with Crippen LogP contribution in [0, 0.1) is 6.10 Å². The molecule has 0 fully saturated rings. The summed E-state index contributed by atoms with van der Waals surface area (Å²) in [4.78, 5) is 0. The summed E-state index contributed by atoms with van der Waals surface area (Å²) in [7, 11) is 0. The molecule has 0 spiro atoms. The van der Waals surface area contributed by atoms with Gasteiger partial charge in [-0.25, -0.2) is 6.10 Å². The fraction of sp³-hybridized carbons (Fsp3) is 0.917. The van der Waals surface area contributed by atoms with E-state index in [0.717, 1.165) is 17.4 Å². The van der Waals surface area contributed by atoms with Gasteiger partial charge in [0, 0.05) is 18.3 Å². The molecule has 0 amide bonds. The van der Waals surface area contributed by atoms with Gasteiger partial charge in [0.05, 0.1) is 0 Å². The summed E-state index contributed by atoms with van der Waals surface area (Å²) < 4.78 is 8.19. The molecule has 0 unspecified atom stereocenters. The van der Waals surface area contributed by atoms with Gasteiger partial charge in [0.1, 0.15) is 0 Å². The van der Waals surface area contributed by atoms with Crippen LogP contribution in [0.25, 0.3) is 0 Å². The van der Waals surface area contributed by atoms with Crippen LogP contribution in [0.4, 0.5) is 0 Å². The summed E-state index contributed by atoms with van der Waals surface area (Å²) in [5.74, 6) is 0. The minimum absolute atomic E-state index is 0.167. The molecule has 0 rings (SSSR count). The fourth-order valence-electron chi connectivity index (χ4n) is 0. The van der Waals surface area contributed by atoms with Crippen molar-refractivity contribution in [2.24, 2.45) is 0 Å². The zero-order valence-electron chi connectivity index (χ0n) is 12.9. The van der Waals surface area contributed by atoms with Crippen molar-refractivity contribution in [2.75, 3.05) is 0 Å². The van der Waals surface area contributed by atoms with E-state index in [9.17, 15) is 0 Å². The molecule has 0 bridgehead atoms. The second kappa shape index (κ2) is 30.3. The number of aliphatic hydroxyl groups is 4. The van der Waals surface area contributed by atoms with Crippen molar-refractivity contribution in [3.8, 4) is 0 Å². The molecular formula is C12H31O5V-. The minimum atomic E-state index is -0.167. The third kappa shape index (κ3) is 74700. The first-order valence-corrected chi connectivity index (χ1v) is 6.22. The maximum atomic E-state index is 8.19. The van der Waals surface area contributed by atoms with Crippen LogP contribution in [0.15, 0.2) is 0 Å². The van der Waals surface area contributed by atoms with Crippen LogP contribution in [-0.4, -0.2) is 38.7 Å². The third-order valence-corrected chi connectivity index (χ3v) is 0. The molecule has 0 aromatic rings. The monoisotopic (exact) mass is 306 g/mol. The summed E-state index contributed by atoms with van der Waals surface area (Å²) in [6, 6.07) is 0. The molecule has 0 aromatic carbocycles. The summed E-state index contributed by atoms with van der Waals surface area (Å²) in [5, 5.41) is 32.1. The summed E-state index contributed by atoms with van der Waals surface area (Å²) in [6.07, 6.45) is -0.0833. The zero-order chi connectivity index (χ0) is 16.3. The van der Waals surface area contributed by atoms with E-state index in [2.05, 4.69) is 0 Å². The molecular weight excluding hydrogens is 275 g/mol. The summed E-state index contributed by atoms with van der Waals surface area (Å²) >= 11 is 1.06. The van der Waals surface area contributed by atoms with Crippen LogP contribution in [0.2, 0.25) is 0 Å². The molecule has 4 N–H and O–H groups in total. The summed E-state index contributed by atoms with van der Waals surface area (Å²) in [5.41, 5.74) is 0. The molecule has 0 aliphatic carbocycles. The Kier molecular flexibility index (Phi) is 52.1. The molecule has 0 saturated carbocycles. The predicted octanol–water partition coefficient (Wildman–Crippen LogP) is 1.97.